The topological polar surface area (TPSA) is 42.4 Å². The van der Waals surface area contributed by atoms with E-state index in [1.165, 1.54) is 4.88 Å². The number of ether oxygens (including phenoxy) is 1. The molecule has 1 aliphatic rings. The number of carbonyl (C=O) groups excluding carboxylic acids is 1. The molecule has 1 fully saturated rings. The summed E-state index contributed by atoms with van der Waals surface area (Å²) in [7, 11) is 0. The number of nitrogens with zero attached hydrogens (tertiary/aromatic N) is 2. The Morgan fingerprint density at radius 2 is 2.28 bits per heavy atom. The lowest BCUT2D eigenvalue weighted by Gasteiger charge is -2.31. The lowest BCUT2D eigenvalue weighted by Crippen LogP contribution is -2.38. The van der Waals surface area contributed by atoms with Crippen LogP contribution in [0.1, 0.15) is 46.9 Å². The Balaban J connectivity index is 1.65. The van der Waals surface area contributed by atoms with Gasteiger partial charge in [0.25, 0.3) is 0 Å². The average molecular weight is 359 g/mol. The molecule has 1 aliphatic heterocycles. The van der Waals surface area contributed by atoms with Crippen molar-refractivity contribution in [1.82, 2.24) is 9.88 Å². The molecular weight excluding hydrogens is 332 g/mol. The smallest absolute Gasteiger partial charge is 0.167 e. The van der Waals surface area contributed by atoms with Crippen molar-refractivity contribution >= 4 is 17.1 Å². The van der Waals surface area contributed by atoms with Gasteiger partial charge in [-0.25, -0.2) is 4.98 Å². The highest BCUT2D eigenvalue weighted by molar-refractivity contribution is 7.11. The molecule has 4 nitrogen and oxygen atoms in total. The van der Waals surface area contributed by atoms with Gasteiger partial charge >= 0.3 is 0 Å². The number of benzene rings is 1. The van der Waals surface area contributed by atoms with E-state index < -0.39 is 0 Å². The first-order valence-corrected chi connectivity index (χ1v) is 9.77. The van der Waals surface area contributed by atoms with Gasteiger partial charge in [-0.1, -0.05) is 12.1 Å². The third kappa shape index (κ3) is 4.89. The van der Waals surface area contributed by atoms with Gasteiger partial charge in [0.1, 0.15) is 5.75 Å². The predicted octanol–water partition coefficient (Wildman–Crippen LogP) is 4.33. The Bertz CT molecular complexity index is 726. The normalized spacial score (nSPS) is 18.5. The highest BCUT2D eigenvalue weighted by Crippen LogP contribution is 2.25. The van der Waals surface area contributed by atoms with E-state index in [9.17, 15) is 4.79 Å². The minimum absolute atomic E-state index is 0.0667. The fourth-order valence-corrected chi connectivity index (χ4v) is 4.18. The molecule has 1 aromatic carbocycles. The van der Waals surface area contributed by atoms with Crippen molar-refractivity contribution in [2.75, 3.05) is 13.1 Å². The van der Waals surface area contributed by atoms with Crippen molar-refractivity contribution in [1.29, 1.82) is 0 Å². The molecule has 0 radical (unpaired) electrons. The highest BCUT2D eigenvalue weighted by Gasteiger charge is 2.27. The van der Waals surface area contributed by atoms with E-state index in [0.29, 0.717) is 0 Å². The minimum atomic E-state index is 0.0667. The summed E-state index contributed by atoms with van der Waals surface area (Å²) >= 11 is 1.74. The molecule has 1 saturated heterocycles. The fraction of sp³-hybridized carbons (Fsp3) is 0.500. The van der Waals surface area contributed by atoms with Crippen molar-refractivity contribution in [2.45, 2.75) is 46.3 Å². The predicted molar refractivity (Wildman–Crippen MR) is 101 cm³/mol. The zero-order chi connectivity index (χ0) is 17.8. The molecule has 1 aromatic heterocycles. The van der Waals surface area contributed by atoms with Gasteiger partial charge in [-0.15, -0.1) is 11.3 Å². The third-order valence-electron chi connectivity index (χ3n) is 4.42. The van der Waals surface area contributed by atoms with Crippen molar-refractivity contribution < 1.29 is 9.53 Å². The maximum Gasteiger partial charge on any atom is 0.167 e. The Labute approximate surface area is 153 Å². The van der Waals surface area contributed by atoms with Crippen LogP contribution in [0.25, 0.3) is 0 Å². The molecule has 2 aromatic rings. The molecule has 0 spiro atoms. The second-order valence-electron chi connectivity index (χ2n) is 6.98. The van der Waals surface area contributed by atoms with Crippen molar-refractivity contribution in [2.24, 2.45) is 5.92 Å². The number of hydrogen-bond donors (Lipinski definition) is 0. The minimum Gasteiger partial charge on any atom is -0.491 e. The van der Waals surface area contributed by atoms with Crippen LogP contribution in [0.3, 0.4) is 0 Å². The molecule has 5 heteroatoms. The molecule has 2 heterocycles. The van der Waals surface area contributed by atoms with E-state index in [1.807, 2.05) is 51.2 Å². The number of aryl methyl sites for hydroxylation is 1. The number of piperidine rings is 1. The second-order valence-corrected chi connectivity index (χ2v) is 8.30. The number of thiazole rings is 1. The van der Waals surface area contributed by atoms with Gasteiger partial charge < -0.3 is 4.74 Å². The van der Waals surface area contributed by atoms with Gasteiger partial charge in [-0.05, 0) is 52.3 Å². The lowest BCUT2D eigenvalue weighted by atomic mass is 9.90. The lowest BCUT2D eigenvalue weighted by molar-refractivity contribution is 0.0812. The molecule has 0 aliphatic carbocycles. The van der Waals surface area contributed by atoms with Crippen molar-refractivity contribution in [3.63, 3.8) is 0 Å². The first-order valence-electron chi connectivity index (χ1n) is 8.96. The van der Waals surface area contributed by atoms with E-state index in [-0.39, 0.29) is 17.8 Å². The number of rotatable bonds is 6. The number of ketones is 1. The average Bonchev–Trinajstić information content (AvgIpc) is 2.99. The monoisotopic (exact) mass is 358 g/mol. The molecular formula is C20H26N2O2S. The van der Waals surface area contributed by atoms with E-state index in [4.69, 9.17) is 4.74 Å². The van der Waals surface area contributed by atoms with Crippen LogP contribution in [0.2, 0.25) is 0 Å². The van der Waals surface area contributed by atoms with Crippen LogP contribution in [0.5, 0.6) is 5.75 Å². The van der Waals surface area contributed by atoms with E-state index in [0.717, 1.165) is 48.8 Å². The van der Waals surface area contributed by atoms with Crippen molar-refractivity contribution in [3.8, 4) is 5.75 Å². The molecule has 1 atom stereocenters. The van der Waals surface area contributed by atoms with Crippen LogP contribution < -0.4 is 4.74 Å². The summed E-state index contributed by atoms with van der Waals surface area (Å²) in [5.41, 5.74) is 0.763. The molecule has 0 bridgehead atoms. The summed E-state index contributed by atoms with van der Waals surface area (Å²) in [6.07, 6.45) is 4.10. The molecule has 0 N–H and O–H groups in total. The number of hydrogen-bond acceptors (Lipinski definition) is 5. The summed E-state index contributed by atoms with van der Waals surface area (Å²) in [6.45, 7) is 8.79. The van der Waals surface area contributed by atoms with Gasteiger partial charge in [0.05, 0.1) is 11.1 Å². The van der Waals surface area contributed by atoms with Gasteiger partial charge in [-0.2, -0.15) is 0 Å². The van der Waals surface area contributed by atoms with Crippen LogP contribution in [-0.4, -0.2) is 34.9 Å². The van der Waals surface area contributed by atoms with E-state index in [1.54, 1.807) is 11.3 Å². The molecule has 0 unspecified atom stereocenters. The molecule has 25 heavy (non-hydrogen) atoms. The maximum atomic E-state index is 12.9. The van der Waals surface area contributed by atoms with Crippen LogP contribution in [0, 0.1) is 12.8 Å². The standard InChI is InChI=1S/C20H26N2O2S/c1-14(2)24-18-8-4-6-16(10-18)20(23)17-7-5-9-22(12-17)13-19-11-21-15(3)25-19/h4,6,8,10-11,14,17H,5,7,9,12-13H2,1-3H3/t17-/m1/s1. The van der Waals surface area contributed by atoms with Crippen LogP contribution in [-0.2, 0) is 6.54 Å². The summed E-state index contributed by atoms with van der Waals surface area (Å²) in [4.78, 5) is 20.9. The second kappa shape index (κ2) is 8.11. The fourth-order valence-electron chi connectivity index (χ4n) is 3.34. The summed E-state index contributed by atoms with van der Waals surface area (Å²) < 4.78 is 5.73. The van der Waals surface area contributed by atoms with Crippen LogP contribution >= 0.6 is 11.3 Å². The van der Waals surface area contributed by atoms with Gasteiger partial charge in [0, 0.05) is 35.6 Å². The summed E-state index contributed by atoms with van der Waals surface area (Å²) in [5, 5.41) is 1.10. The van der Waals surface area contributed by atoms with Crippen molar-refractivity contribution in [3.05, 3.63) is 45.9 Å². The summed E-state index contributed by atoms with van der Waals surface area (Å²) in [6, 6.07) is 7.61. The first-order chi connectivity index (χ1) is 12.0. The number of likely N-dealkylation sites (tertiary alicyclic amines) is 1. The number of aromatic nitrogens is 1. The Kier molecular flexibility index (Phi) is 5.86. The highest BCUT2D eigenvalue weighted by atomic mass is 32.1. The van der Waals surface area contributed by atoms with Gasteiger partial charge in [0.2, 0.25) is 0 Å². The SMILES string of the molecule is Cc1ncc(CN2CCC[C@@H](C(=O)c3cccc(OC(C)C)c3)C2)s1. The molecule has 0 amide bonds. The molecule has 134 valence electrons. The maximum absolute atomic E-state index is 12.9. The number of carbonyl (C=O) groups is 1. The van der Waals surface area contributed by atoms with E-state index >= 15 is 0 Å². The zero-order valence-electron chi connectivity index (χ0n) is 15.2. The largest absolute Gasteiger partial charge is 0.491 e. The van der Waals surface area contributed by atoms with Crippen LogP contribution in [0.4, 0.5) is 0 Å². The van der Waals surface area contributed by atoms with Gasteiger partial charge in [-0.3, -0.25) is 9.69 Å². The Hall–Kier alpha value is -1.72. The van der Waals surface area contributed by atoms with E-state index in [2.05, 4.69) is 9.88 Å². The summed E-state index contributed by atoms with van der Waals surface area (Å²) in [5.74, 6) is 1.07. The van der Waals surface area contributed by atoms with Crippen LogP contribution in [0.15, 0.2) is 30.5 Å². The zero-order valence-corrected chi connectivity index (χ0v) is 16.0. The molecule has 3 rings (SSSR count). The Morgan fingerprint density at radius 1 is 1.44 bits per heavy atom. The molecule has 0 saturated carbocycles. The number of Topliss-reactive ketones (excluding diaryl/α,β-unsaturated/α-hetero) is 1. The Morgan fingerprint density at radius 3 is 3.00 bits per heavy atom. The quantitative estimate of drug-likeness (QED) is 0.721. The first kappa shape index (κ1) is 18.1. The third-order valence-corrected chi connectivity index (χ3v) is 5.31. The van der Waals surface area contributed by atoms with Gasteiger partial charge in [0.15, 0.2) is 5.78 Å².